The molecular formula is C14H19N3O4S. The molecule has 2 N–H and O–H groups in total. The van der Waals surface area contributed by atoms with Gasteiger partial charge in [-0.1, -0.05) is 24.6 Å². The molecule has 1 aliphatic rings. The van der Waals surface area contributed by atoms with Gasteiger partial charge in [-0.05, 0) is 12.8 Å². The minimum absolute atomic E-state index is 0.0672. The number of aromatic amines is 1. The summed E-state index contributed by atoms with van der Waals surface area (Å²) in [7, 11) is 1.28. The topological polar surface area (TPSA) is 101 Å². The van der Waals surface area contributed by atoms with E-state index in [1.807, 2.05) is 0 Å². The molecule has 22 heavy (non-hydrogen) atoms. The fourth-order valence-electron chi connectivity index (χ4n) is 2.34. The summed E-state index contributed by atoms with van der Waals surface area (Å²) in [6.45, 7) is 0. The Kier molecular flexibility index (Phi) is 6.00. The van der Waals surface area contributed by atoms with Crippen molar-refractivity contribution in [2.75, 3.05) is 12.9 Å². The normalized spacial score (nSPS) is 14.8. The molecule has 0 atom stereocenters. The zero-order valence-corrected chi connectivity index (χ0v) is 13.2. The standard InChI is InChI=1S/C14H19N3O4S/c1-21-13(20)7-10-6-11(18)17-14(16-10)22-8-12(19)15-9-4-2-3-5-9/h6,9H,2-5,7-8H2,1H3,(H,15,19)(H,16,17,18). The van der Waals surface area contributed by atoms with E-state index in [4.69, 9.17) is 0 Å². The van der Waals surface area contributed by atoms with Crippen molar-refractivity contribution in [3.63, 3.8) is 0 Å². The van der Waals surface area contributed by atoms with E-state index in [1.165, 1.54) is 13.2 Å². The van der Waals surface area contributed by atoms with Gasteiger partial charge in [0.05, 0.1) is 25.0 Å². The molecule has 1 fully saturated rings. The Hall–Kier alpha value is -1.83. The zero-order chi connectivity index (χ0) is 15.9. The number of amides is 1. The molecule has 0 saturated heterocycles. The molecule has 120 valence electrons. The number of hydrogen-bond donors (Lipinski definition) is 2. The van der Waals surface area contributed by atoms with E-state index in [-0.39, 0.29) is 29.7 Å². The van der Waals surface area contributed by atoms with Crippen LogP contribution >= 0.6 is 11.8 Å². The molecule has 7 nitrogen and oxygen atoms in total. The van der Waals surface area contributed by atoms with Gasteiger partial charge in [-0.3, -0.25) is 14.4 Å². The van der Waals surface area contributed by atoms with Crippen LogP contribution in [0.4, 0.5) is 0 Å². The Morgan fingerprint density at radius 2 is 2.18 bits per heavy atom. The first-order valence-corrected chi connectivity index (χ1v) is 8.14. The molecule has 1 aliphatic carbocycles. The van der Waals surface area contributed by atoms with Crippen LogP contribution in [0.2, 0.25) is 0 Å². The Morgan fingerprint density at radius 1 is 1.45 bits per heavy atom. The van der Waals surface area contributed by atoms with Crippen molar-refractivity contribution in [1.29, 1.82) is 0 Å². The van der Waals surface area contributed by atoms with Crippen LogP contribution in [0.1, 0.15) is 31.4 Å². The predicted molar refractivity (Wildman–Crippen MR) is 81.7 cm³/mol. The van der Waals surface area contributed by atoms with Crippen LogP contribution in [0.3, 0.4) is 0 Å². The van der Waals surface area contributed by atoms with E-state index in [0.717, 1.165) is 37.4 Å². The molecule has 0 aromatic carbocycles. The lowest BCUT2D eigenvalue weighted by atomic mass is 10.2. The van der Waals surface area contributed by atoms with Crippen molar-refractivity contribution in [3.8, 4) is 0 Å². The number of carbonyl (C=O) groups excluding carboxylic acids is 2. The van der Waals surface area contributed by atoms with Crippen molar-refractivity contribution >= 4 is 23.6 Å². The SMILES string of the molecule is COC(=O)Cc1cc(=O)[nH]c(SCC(=O)NC2CCCC2)n1. The number of ether oxygens (including phenoxy) is 1. The molecule has 1 aromatic rings. The Balaban J connectivity index is 1.89. The monoisotopic (exact) mass is 325 g/mol. The highest BCUT2D eigenvalue weighted by atomic mass is 32.2. The van der Waals surface area contributed by atoms with E-state index in [2.05, 4.69) is 20.0 Å². The number of aromatic nitrogens is 2. The molecule has 0 bridgehead atoms. The minimum Gasteiger partial charge on any atom is -0.469 e. The molecule has 0 unspecified atom stereocenters. The van der Waals surface area contributed by atoms with Gasteiger partial charge >= 0.3 is 5.97 Å². The molecule has 1 aromatic heterocycles. The molecule has 0 spiro atoms. The second-order valence-corrected chi connectivity index (χ2v) is 6.10. The average molecular weight is 325 g/mol. The highest BCUT2D eigenvalue weighted by molar-refractivity contribution is 7.99. The predicted octanol–water partition coefficient (Wildman–Crippen LogP) is 0.636. The largest absolute Gasteiger partial charge is 0.469 e. The highest BCUT2D eigenvalue weighted by Gasteiger charge is 2.17. The second-order valence-electron chi connectivity index (χ2n) is 5.13. The van der Waals surface area contributed by atoms with Gasteiger partial charge in [0.15, 0.2) is 5.16 Å². The summed E-state index contributed by atoms with van der Waals surface area (Å²) in [5.41, 5.74) is -0.0260. The van der Waals surface area contributed by atoms with Crippen molar-refractivity contribution < 1.29 is 14.3 Å². The maximum Gasteiger partial charge on any atom is 0.311 e. The first-order valence-electron chi connectivity index (χ1n) is 7.16. The summed E-state index contributed by atoms with van der Waals surface area (Å²) >= 11 is 1.14. The first-order chi connectivity index (χ1) is 10.6. The van der Waals surface area contributed by atoms with Crippen LogP contribution in [-0.4, -0.2) is 40.7 Å². The number of nitrogens with zero attached hydrogens (tertiary/aromatic N) is 1. The van der Waals surface area contributed by atoms with Gasteiger partial charge in [0.2, 0.25) is 5.91 Å². The van der Waals surface area contributed by atoms with Gasteiger partial charge in [-0.25, -0.2) is 4.98 Å². The molecule has 1 heterocycles. The van der Waals surface area contributed by atoms with E-state index in [0.29, 0.717) is 10.9 Å². The fraction of sp³-hybridized carbons (Fsp3) is 0.571. The maximum absolute atomic E-state index is 11.8. The molecule has 1 saturated carbocycles. The fourth-order valence-corrected chi connectivity index (χ4v) is 3.04. The lowest BCUT2D eigenvalue weighted by Gasteiger charge is -2.11. The molecular weight excluding hydrogens is 306 g/mol. The molecule has 8 heteroatoms. The number of hydrogen-bond acceptors (Lipinski definition) is 6. The van der Waals surface area contributed by atoms with E-state index >= 15 is 0 Å². The lowest BCUT2D eigenvalue weighted by molar-refractivity contribution is -0.139. The van der Waals surface area contributed by atoms with Crippen LogP contribution in [-0.2, 0) is 20.7 Å². The van der Waals surface area contributed by atoms with Crippen molar-refractivity contribution in [3.05, 3.63) is 22.1 Å². The highest BCUT2D eigenvalue weighted by Crippen LogP contribution is 2.18. The Labute approximate surface area is 132 Å². The number of nitrogens with one attached hydrogen (secondary N) is 2. The zero-order valence-electron chi connectivity index (χ0n) is 12.4. The summed E-state index contributed by atoms with van der Waals surface area (Å²) < 4.78 is 4.54. The van der Waals surface area contributed by atoms with Crippen LogP contribution in [0.25, 0.3) is 0 Å². The summed E-state index contributed by atoms with van der Waals surface area (Å²) in [4.78, 5) is 41.3. The molecule has 0 radical (unpaired) electrons. The van der Waals surface area contributed by atoms with Gasteiger partial charge in [-0.15, -0.1) is 0 Å². The number of methoxy groups -OCH3 is 1. The maximum atomic E-state index is 11.8. The number of carbonyl (C=O) groups is 2. The average Bonchev–Trinajstić information content (AvgIpc) is 2.97. The second kappa shape index (κ2) is 7.98. The molecule has 2 rings (SSSR count). The molecule has 1 amide bonds. The van der Waals surface area contributed by atoms with Gasteiger partial charge in [-0.2, -0.15) is 0 Å². The van der Waals surface area contributed by atoms with Crippen molar-refractivity contribution in [1.82, 2.24) is 15.3 Å². The smallest absolute Gasteiger partial charge is 0.311 e. The van der Waals surface area contributed by atoms with Gasteiger partial charge in [0.1, 0.15) is 0 Å². The number of H-pyrrole nitrogens is 1. The van der Waals surface area contributed by atoms with Gasteiger partial charge in [0, 0.05) is 12.1 Å². The number of esters is 1. The Morgan fingerprint density at radius 3 is 2.86 bits per heavy atom. The summed E-state index contributed by atoms with van der Waals surface area (Å²) in [5.74, 6) is -0.354. The number of rotatable bonds is 6. The van der Waals surface area contributed by atoms with Crippen LogP contribution in [0, 0.1) is 0 Å². The van der Waals surface area contributed by atoms with E-state index < -0.39 is 5.97 Å². The molecule has 0 aliphatic heterocycles. The van der Waals surface area contributed by atoms with Crippen LogP contribution in [0.15, 0.2) is 16.0 Å². The lowest BCUT2D eigenvalue weighted by Crippen LogP contribution is -2.33. The third-order valence-corrected chi connectivity index (χ3v) is 4.26. The Bertz CT molecular complexity index is 596. The summed E-state index contributed by atoms with van der Waals surface area (Å²) in [6, 6.07) is 1.52. The quantitative estimate of drug-likeness (QED) is 0.452. The third-order valence-electron chi connectivity index (χ3n) is 3.39. The van der Waals surface area contributed by atoms with Crippen molar-refractivity contribution in [2.45, 2.75) is 43.3 Å². The van der Waals surface area contributed by atoms with Gasteiger partial charge < -0.3 is 15.0 Å². The minimum atomic E-state index is -0.465. The third kappa shape index (κ3) is 5.18. The first kappa shape index (κ1) is 16.5. The van der Waals surface area contributed by atoms with Crippen molar-refractivity contribution in [2.24, 2.45) is 0 Å². The number of thioether (sulfide) groups is 1. The van der Waals surface area contributed by atoms with E-state index in [1.54, 1.807) is 0 Å². The summed E-state index contributed by atoms with van der Waals surface area (Å²) in [5, 5.41) is 3.29. The van der Waals surface area contributed by atoms with Gasteiger partial charge in [0.25, 0.3) is 5.56 Å². The summed E-state index contributed by atoms with van der Waals surface area (Å²) in [6.07, 6.45) is 4.30. The van der Waals surface area contributed by atoms with Crippen LogP contribution in [0.5, 0.6) is 0 Å². The van der Waals surface area contributed by atoms with Crippen LogP contribution < -0.4 is 10.9 Å². The van der Waals surface area contributed by atoms with E-state index in [9.17, 15) is 14.4 Å².